The normalized spacial score (nSPS) is 19.9. The Morgan fingerprint density at radius 2 is 2.00 bits per heavy atom. The van der Waals surface area contributed by atoms with Crippen molar-refractivity contribution in [2.45, 2.75) is 38.7 Å². The molecule has 126 valence electrons. The quantitative estimate of drug-likeness (QED) is 0.826. The lowest BCUT2D eigenvalue weighted by Gasteiger charge is -2.32. The van der Waals surface area contributed by atoms with E-state index in [0.29, 0.717) is 17.1 Å². The number of hydrogen-bond acceptors (Lipinski definition) is 5. The second kappa shape index (κ2) is 5.36. The van der Waals surface area contributed by atoms with Crippen LogP contribution in [0.2, 0.25) is 0 Å². The maximum absolute atomic E-state index is 12.6. The molecule has 7 nitrogen and oxygen atoms in total. The van der Waals surface area contributed by atoms with E-state index in [2.05, 4.69) is 15.8 Å². The van der Waals surface area contributed by atoms with Gasteiger partial charge in [0, 0.05) is 11.5 Å². The number of anilines is 2. The van der Waals surface area contributed by atoms with Gasteiger partial charge in [-0.25, -0.2) is 0 Å². The van der Waals surface area contributed by atoms with Crippen LogP contribution in [-0.2, 0) is 15.0 Å². The second-order valence-corrected chi connectivity index (χ2v) is 6.87. The molecule has 0 fully saturated rings. The first-order valence-corrected chi connectivity index (χ1v) is 7.58. The molecule has 0 spiro atoms. The van der Waals surface area contributed by atoms with Crippen LogP contribution in [0.3, 0.4) is 0 Å². The Bertz CT molecular complexity index is 806. The fourth-order valence-electron chi connectivity index (χ4n) is 2.23. The van der Waals surface area contributed by atoms with Crippen molar-refractivity contribution in [3.63, 3.8) is 0 Å². The zero-order chi connectivity index (χ0) is 17.5. The van der Waals surface area contributed by atoms with Gasteiger partial charge in [-0.05, 0) is 19.1 Å². The van der Waals surface area contributed by atoms with Gasteiger partial charge in [-0.3, -0.25) is 14.9 Å². The molecule has 7 heteroatoms. The number of aromatic nitrogens is 1. The van der Waals surface area contributed by atoms with Crippen LogP contribution >= 0.6 is 0 Å². The number of fused-ring (bicyclic) bond motifs is 1. The zero-order valence-corrected chi connectivity index (χ0v) is 14.0. The summed E-state index contributed by atoms with van der Waals surface area (Å²) < 4.78 is 10.8. The number of nitrogens with one attached hydrogen (secondary N) is 2. The van der Waals surface area contributed by atoms with E-state index in [9.17, 15) is 9.59 Å². The van der Waals surface area contributed by atoms with E-state index in [-0.39, 0.29) is 11.3 Å². The molecule has 0 bridgehead atoms. The summed E-state index contributed by atoms with van der Waals surface area (Å²) in [6.07, 6.45) is 0. The highest BCUT2D eigenvalue weighted by Crippen LogP contribution is 2.34. The Balaban J connectivity index is 1.82. The Labute approximate surface area is 139 Å². The van der Waals surface area contributed by atoms with Crippen LogP contribution in [0, 0.1) is 0 Å². The second-order valence-electron chi connectivity index (χ2n) is 6.87. The van der Waals surface area contributed by atoms with Gasteiger partial charge in [0.15, 0.2) is 0 Å². The third-order valence-electron chi connectivity index (χ3n) is 3.83. The first kappa shape index (κ1) is 16.0. The van der Waals surface area contributed by atoms with Crippen molar-refractivity contribution in [2.24, 2.45) is 0 Å². The van der Waals surface area contributed by atoms with Crippen molar-refractivity contribution in [3.8, 4) is 5.75 Å². The minimum atomic E-state index is -1.71. The smallest absolute Gasteiger partial charge is 0.280 e. The number of carbonyl (C=O) groups excluding carboxylic acids is 2. The molecule has 1 aromatic carbocycles. The average Bonchev–Trinajstić information content (AvgIpc) is 2.97. The molecule has 0 saturated heterocycles. The highest BCUT2D eigenvalue weighted by Gasteiger charge is 2.47. The van der Waals surface area contributed by atoms with E-state index in [1.165, 1.54) is 6.92 Å². The van der Waals surface area contributed by atoms with Gasteiger partial charge in [-0.2, -0.15) is 0 Å². The molecule has 2 heterocycles. The summed E-state index contributed by atoms with van der Waals surface area (Å²) >= 11 is 0. The lowest BCUT2D eigenvalue weighted by Crippen LogP contribution is -2.56. The molecule has 3 rings (SSSR count). The highest BCUT2D eigenvalue weighted by atomic mass is 16.5. The summed E-state index contributed by atoms with van der Waals surface area (Å²) in [7, 11) is 0. The number of carbonyl (C=O) groups is 2. The summed E-state index contributed by atoms with van der Waals surface area (Å²) in [4.78, 5) is 24.9. The molecule has 24 heavy (non-hydrogen) atoms. The number of amides is 2. The molecule has 1 aromatic heterocycles. The van der Waals surface area contributed by atoms with Crippen LogP contribution < -0.4 is 15.4 Å². The summed E-state index contributed by atoms with van der Waals surface area (Å²) in [5, 5.41) is 9.16. The monoisotopic (exact) mass is 329 g/mol. The van der Waals surface area contributed by atoms with Crippen LogP contribution in [0.15, 0.2) is 34.9 Å². The molecule has 1 aliphatic heterocycles. The minimum Gasteiger partial charge on any atom is -0.466 e. The van der Waals surface area contributed by atoms with Crippen molar-refractivity contribution >= 4 is 23.4 Å². The lowest BCUT2D eigenvalue weighted by atomic mass is 9.92. The van der Waals surface area contributed by atoms with E-state index in [4.69, 9.17) is 9.26 Å². The topological polar surface area (TPSA) is 93.5 Å². The Morgan fingerprint density at radius 3 is 2.67 bits per heavy atom. The third-order valence-corrected chi connectivity index (χ3v) is 3.83. The maximum Gasteiger partial charge on any atom is 0.280 e. The van der Waals surface area contributed by atoms with Gasteiger partial charge in [0.05, 0.1) is 11.4 Å². The maximum atomic E-state index is 12.6. The van der Waals surface area contributed by atoms with Crippen molar-refractivity contribution in [1.82, 2.24) is 5.16 Å². The number of para-hydroxylation sites is 2. The highest BCUT2D eigenvalue weighted by molar-refractivity contribution is 6.18. The molecule has 1 atom stereocenters. The average molecular weight is 329 g/mol. The minimum absolute atomic E-state index is 0.168. The van der Waals surface area contributed by atoms with Crippen LogP contribution in [-0.4, -0.2) is 22.6 Å². The van der Waals surface area contributed by atoms with Crippen molar-refractivity contribution in [1.29, 1.82) is 0 Å². The van der Waals surface area contributed by atoms with Crippen molar-refractivity contribution < 1.29 is 18.8 Å². The largest absolute Gasteiger partial charge is 0.466 e. The number of hydrogen-bond donors (Lipinski definition) is 2. The first-order valence-electron chi connectivity index (χ1n) is 7.58. The number of rotatable bonds is 2. The molecule has 1 aliphatic rings. The number of benzene rings is 1. The van der Waals surface area contributed by atoms with Crippen LogP contribution in [0.1, 0.15) is 33.4 Å². The zero-order valence-electron chi connectivity index (χ0n) is 14.0. The van der Waals surface area contributed by atoms with Gasteiger partial charge in [0.1, 0.15) is 5.75 Å². The Kier molecular flexibility index (Phi) is 3.59. The van der Waals surface area contributed by atoms with E-state index >= 15 is 0 Å². The summed E-state index contributed by atoms with van der Waals surface area (Å²) in [6.45, 7) is 7.35. The summed E-state index contributed by atoms with van der Waals surface area (Å²) in [5.74, 6) is -0.579. The number of ether oxygens (including phenoxy) is 1. The van der Waals surface area contributed by atoms with Crippen molar-refractivity contribution in [2.75, 3.05) is 10.6 Å². The molecule has 0 radical (unpaired) electrons. The molecule has 2 aromatic rings. The van der Waals surface area contributed by atoms with Gasteiger partial charge in [0.2, 0.25) is 5.88 Å². The molecule has 2 N–H and O–H groups in total. The number of nitrogens with zero attached hydrogens (tertiary/aromatic N) is 1. The third kappa shape index (κ3) is 2.73. The van der Waals surface area contributed by atoms with Crippen molar-refractivity contribution in [3.05, 3.63) is 36.0 Å². The fraction of sp³-hybridized carbons (Fsp3) is 0.353. The predicted octanol–water partition coefficient (Wildman–Crippen LogP) is 2.70. The molecule has 0 saturated carbocycles. The molecule has 2 amide bonds. The summed E-state index contributed by atoms with van der Waals surface area (Å²) in [6, 6.07) is 8.56. The van der Waals surface area contributed by atoms with Crippen LogP contribution in [0.5, 0.6) is 5.75 Å². The van der Waals surface area contributed by atoms with Gasteiger partial charge in [0.25, 0.3) is 17.4 Å². The van der Waals surface area contributed by atoms with Crippen LogP contribution in [0.4, 0.5) is 11.6 Å². The van der Waals surface area contributed by atoms with Gasteiger partial charge in [-0.1, -0.05) is 38.1 Å². The van der Waals surface area contributed by atoms with E-state index in [0.717, 1.165) is 0 Å². The molecular weight excluding hydrogens is 310 g/mol. The van der Waals surface area contributed by atoms with E-state index in [1.54, 1.807) is 30.3 Å². The van der Waals surface area contributed by atoms with E-state index in [1.807, 2.05) is 20.8 Å². The molecule has 1 unspecified atom stereocenters. The van der Waals surface area contributed by atoms with Gasteiger partial charge < -0.3 is 14.6 Å². The van der Waals surface area contributed by atoms with Gasteiger partial charge in [-0.15, -0.1) is 0 Å². The van der Waals surface area contributed by atoms with Crippen LogP contribution in [0.25, 0.3) is 0 Å². The predicted molar refractivity (Wildman–Crippen MR) is 87.9 cm³/mol. The summed E-state index contributed by atoms with van der Waals surface area (Å²) in [5.41, 5.74) is -0.693. The molecular formula is C17H19N3O4. The van der Waals surface area contributed by atoms with E-state index < -0.39 is 17.4 Å². The SMILES string of the molecule is CC1(C(=O)Nc2cc(C(C)(C)C)no2)Oc2ccccc2NC1=O. The Morgan fingerprint density at radius 1 is 1.29 bits per heavy atom. The fourth-order valence-corrected chi connectivity index (χ4v) is 2.23. The lowest BCUT2D eigenvalue weighted by molar-refractivity contribution is -0.143. The standard InChI is InChI=1S/C17H19N3O4/c1-16(2,3)12-9-13(24-20-12)19-15(22)17(4)14(21)18-10-7-5-6-8-11(10)23-17/h5-9H,1-4H3,(H,18,21)(H,19,22). The molecule has 0 aliphatic carbocycles. The first-order chi connectivity index (χ1) is 11.2. The Hall–Kier alpha value is -2.83. The van der Waals surface area contributed by atoms with Gasteiger partial charge >= 0.3 is 0 Å².